The summed E-state index contributed by atoms with van der Waals surface area (Å²) < 4.78 is 32.3. The number of carboxylic acid groups (broad SMARTS) is 1. The molecule has 2 aromatic carbocycles. The fraction of sp³-hybridized carbons (Fsp3) is 0.381. The maximum atomic E-state index is 13.6. The minimum absolute atomic E-state index is 0.0266. The zero-order chi connectivity index (χ0) is 21.9. The normalized spacial score (nSPS) is 15.7. The van der Waals surface area contributed by atoms with Crippen LogP contribution in [-0.4, -0.2) is 76.7 Å². The molecule has 0 spiro atoms. The van der Waals surface area contributed by atoms with Gasteiger partial charge in [-0.05, 0) is 43.4 Å². The summed E-state index contributed by atoms with van der Waals surface area (Å²) in [5, 5.41) is 12.8. The molecule has 2 aromatic rings. The Hall–Kier alpha value is -2.62. The van der Waals surface area contributed by atoms with Gasteiger partial charge in [0.05, 0.1) is 22.5 Å². The SMILES string of the molecule is CNc1ccc(C(=O)O)c(S(=O)(=O)c2ccc(OC)cc2)c1CN1CCN(C)CC1. The van der Waals surface area contributed by atoms with Gasteiger partial charge in [0.15, 0.2) is 0 Å². The Balaban J connectivity index is 2.15. The zero-order valence-electron chi connectivity index (χ0n) is 17.4. The summed E-state index contributed by atoms with van der Waals surface area (Å²) >= 11 is 0. The number of carbonyl (C=O) groups is 1. The van der Waals surface area contributed by atoms with Crippen LogP contribution in [0, 0.1) is 0 Å². The summed E-state index contributed by atoms with van der Waals surface area (Å²) in [5.74, 6) is -0.751. The van der Waals surface area contributed by atoms with E-state index in [2.05, 4.69) is 15.1 Å². The molecule has 1 saturated heterocycles. The van der Waals surface area contributed by atoms with Gasteiger partial charge in [0.2, 0.25) is 9.84 Å². The van der Waals surface area contributed by atoms with Crippen LogP contribution in [0.3, 0.4) is 0 Å². The van der Waals surface area contributed by atoms with Crippen LogP contribution in [0.5, 0.6) is 5.75 Å². The fourth-order valence-electron chi connectivity index (χ4n) is 3.60. The van der Waals surface area contributed by atoms with Gasteiger partial charge in [0.1, 0.15) is 5.75 Å². The molecule has 0 bridgehead atoms. The predicted octanol–water partition coefficient (Wildman–Crippen LogP) is 2.02. The number of aromatic carboxylic acids is 1. The molecule has 30 heavy (non-hydrogen) atoms. The molecule has 1 aliphatic rings. The van der Waals surface area contributed by atoms with Crippen LogP contribution in [0.4, 0.5) is 5.69 Å². The molecule has 0 unspecified atom stereocenters. The Morgan fingerprint density at radius 1 is 1.10 bits per heavy atom. The molecular formula is C21H27N3O5S. The number of likely N-dealkylation sites (N-methyl/N-ethyl adjacent to an activating group) is 1. The van der Waals surface area contributed by atoms with E-state index in [1.54, 1.807) is 25.2 Å². The van der Waals surface area contributed by atoms with Crippen molar-refractivity contribution in [2.45, 2.75) is 16.3 Å². The van der Waals surface area contributed by atoms with Crippen LogP contribution in [0.1, 0.15) is 15.9 Å². The largest absolute Gasteiger partial charge is 0.497 e. The number of sulfone groups is 1. The number of nitrogens with one attached hydrogen (secondary N) is 1. The van der Waals surface area contributed by atoms with Gasteiger partial charge in [-0.1, -0.05) is 0 Å². The number of rotatable bonds is 7. The topological polar surface area (TPSA) is 99.2 Å². The molecule has 162 valence electrons. The maximum absolute atomic E-state index is 13.6. The number of nitrogens with zero attached hydrogens (tertiary/aromatic N) is 2. The lowest BCUT2D eigenvalue weighted by atomic mass is 10.1. The first-order valence-electron chi connectivity index (χ1n) is 9.65. The Kier molecular flexibility index (Phi) is 6.64. The number of benzene rings is 2. The highest BCUT2D eigenvalue weighted by atomic mass is 32.2. The van der Waals surface area contributed by atoms with Crippen molar-refractivity contribution in [3.8, 4) is 5.75 Å². The van der Waals surface area contributed by atoms with Crippen LogP contribution in [0.2, 0.25) is 0 Å². The Bertz CT molecular complexity index is 1010. The monoisotopic (exact) mass is 433 g/mol. The third-order valence-electron chi connectivity index (χ3n) is 5.38. The number of methoxy groups -OCH3 is 1. The number of carboxylic acids is 1. The van der Waals surface area contributed by atoms with Crippen molar-refractivity contribution in [1.82, 2.24) is 9.80 Å². The second-order valence-electron chi connectivity index (χ2n) is 7.28. The molecule has 0 aromatic heterocycles. The summed E-state index contributed by atoms with van der Waals surface area (Å²) in [6, 6.07) is 8.95. The molecule has 2 N–H and O–H groups in total. The van der Waals surface area contributed by atoms with E-state index in [9.17, 15) is 18.3 Å². The molecule has 0 radical (unpaired) electrons. The van der Waals surface area contributed by atoms with E-state index in [1.807, 2.05) is 7.05 Å². The highest BCUT2D eigenvalue weighted by molar-refractivity contribution is 7.91. The van der Waals surface area contributed by atoms with Crippen molar-refractivity contribution in [3.63, 3.8) is 0 Å². The third kappa shape index (κ3) is 4.43. The second-order valence-corrected chi connectivity index (χ2v) is 9.17. The average Bonchev–Trinajstić information content (AvgIpc) is 2.74. The zero-order valence-corrected chi connectivity index (χ0v) is 18.2. The lowest BCUT2D eigenvalue weighted by Crippen LogP contribution is -2.44. The van der Waals surface area contributed by atoms with Gasteiger partial charge in [-0.3, -0.25) is 4.90 Å². The molecule has 1 aliphatic heterocycles. The highest BCUT2D eigenvalue weighted by Gasteiger charge is 2.31. The number of hydrogen-bond donors (Lipinski definition) is 2. The summed E-state index contributed by atoms with van der Waals surface area (Å²) in [7, 11) is 1.16. The van der Waals surface area contributed by atoms with Gasteiger partial charge in [-0.15, -0.1) is 0 Å². The van der Waals surface area contributed by atoms with E-state index in [0.717, 1.165) is 26.2 Å². The van der Waals surface area contributed by atoms with E-state index in [1.165, 1.54) is 25.3 Å². The average molecular weight is 434 g/mol. The predicted molar refractivity (Wildman–Crippen MR) is 114 cm³/mol. The molecule has 0 amide bonds. The number of piperazine rings is 1. The number of ether oxygens (including phenoxy) is 1. The first-order valence-corrected chi connectivity index (χ1v) is 11.1. The highest BCUT2D eigenvalue weighted by Crippen LogP contribution is 2.34. The Labute approximate surface area is 177 Å². The van der Waals surface area contributed by atoms with Gasteiger partial charge >= 0.3 is 5.97 Å². The number of hydrogen-bond acceptors (Lipinski definition) is 7. The van der Waals surface area contributed by atoms with Crippen molar-refractivity contribution in [2.75, 3.05) is 52.7 Å². The molecule has 1 fully saturated rings. The van der Waals surface area contributed by atoms with Crippen molar-refractivity contribution in [3.05, 3.63) is 47.5 Å². The molecule has 1 heterocycles. The first kappa shape index (κ1) is 22.1. The molecule has 8 nitrogen and oxygen atoms in total. The Morgan fingerprint density at radius 2 is 1.73 bits per heavy atom. The van der Waals surface area contributed by atoms with Crippen molar-refractivity contribution >= 4 is 21.5 Å². The van der Waals surface area contributed by atoms with Gasteiger partial charge in [-0.2, -0.15) is 0 Å². The van der Waals surface area contributed by atoms with E-state index >= 15 is 0 Å². The van der Waals surface area contributed by atoms with Crippen LogP contribution >= 0.6 is 0 Å². The maximum Gasteiger partial charge on any atom is 0.337 e. The van der Waals surface area contributed by atoms with Crippen molar-refractivity contribution in [2.24, 2.45) is 0 Å². The van der Waals surface area contributed by atoms with Crippen molar-refractivity contribution < 1.29 is 23.1 Å². The van der Waals surface area contributed by atoms with Gasteiger partial charge in [0, 0.05) is 51.0 Å². The summed E-state index contributed by atoms with van der Waals surface area (Å²) in [6.45, 7) is 3.63. The van der Waals surface area contributed by atoms with Crippen LogP contribution in [0.15, 0.2) is 46.2 Å². The van der Waals surface area contributed by atoms with Gasteiger partial charge < -0.3 is 20.1 Å². The van der Waals surface area contributed by atoms with E-state index in [-0.39, 0.29) is 15.4 Å². The van der Waals surface area contributed by atoms with E-state index in [0.29, 0.717) is 23.5 Å². The number of anilines is 1. The smallest absolute Gasteiger partial charge is 0.337 e. The van der Waals surface area contributed by atoms with Gasteiger partial charge in [0.25, 0.3) is 0 Å². The minimum atomic E-state index is -4.08. The van der Waals surface area contributed by atoms with Crippen molar-refractivity contribution in [1.29, 1.82) is 0 Å². The molecule has 3 rings (SSSR count). The summed E-state index contributed by atoms with van der Waals surface area (Å²) in [5.41, 5.74) is 0.845. The summed E-state index contributed by atoms with van der Waals surface area (Å²) in [4.78, 5) is 16.2. The standard InChI is InChI=1S/C21H27N3O5S/c1-22-19-9-8-17(21(25)26)20(18(19)14-24-12-10-23(2)11-13-24)30(27,28)16-6-4-15(29-3)5-7-16/h4-9,22H,10-14H2,1-3H3,(H,25,26). The van der Waals surface area contributed by atoms with Gasteiger partial charge in [-0.25, -0.2) is 13.2 Å². The molecule has 0 saturated carbocycles. The fourth-order valence-corrected chi connectivity index (χ4v) is 5.27. The third-order valence-corrected chi connectivity index (χ3v) is 7.27. The van der Waals surface area contributed by atoms with Crippen LogP contribution in [-0.2, 0) is 16.4 Å². The molecule has 0 aliphatic carbocycles. The summed E-state index contributed by atoms with van der Waals surface area (Å²) in [6.07, 6.45) is 0. The minimum Gasteiger partial charge on any atom is -0.497 e. The lowest BCUT2D eigenvalue weighted by molar-refractivity contribution is 0.0692. The lowest BCUT2D eigenvalue weighted by Gasteiger charge is -2.33. The molecule has 9 heteroatoms. The van der Waals surface area contributed by atoms with Crippen LogP contribution < -0.4 is 10.1 Å². The first-order chi connectivity index (χ1) is 14.3. The van der Waals surface area contributed by atoms with E-state index in [4.69, 9.17) is 4.74 Å². The quantitative estimate of drug-likeness (QED) is 0.684. The van der Waals surface area contributed by atoms with E-state index < -0.39 is 15.8 Å². The molecule has 0 atom stereocenters. The molecular weight excluding hydrogens is 406 g/mol. The Morgan fingerprint density at radius 3 is 2.27 bits per heavy atom. The second kappa shape index (κ2) is 9.03. The van der Waals surface area contributed by atoms with Crippen LogP contribution in [0.25, 0.3) is 0 Å².